The fraction of sp³-hybridized carbons (Fsp3) is 0.0500. The number of rotatable bonds is 6. The molecule has 0 aliphatic carbocycles. The smallest absolute Gasteiger partial charge is 0.368 e. The number of hydrogen-bond donors (Lipinski definition) is 1. The second kappa shape index (κ2) is 8.01. The number of esters is 1. The number of carboxylic acids is 1. The minimum atomic E-state index is -1.12. The topological polar surface area (TPSA) is 97.4 Å². The highest BCUT2D eigenvalue weighted by atomic mass is 16.5. The number of aromatic nitrogens is 2. The fourth-order valence-electron chi connectivity index (χ4n) is 2.37. The van der Waals surface area contributed by atoms with Crippen LogP contribution in [0.15, 0.2) is 73.2 Å². The molecule has 0 radical (unpaired) electrons. The second-order valence-electron chi connectivity index (χ2n) is 5.63. The summed E-state index contributed by atoms with van der Waals surface area (Å²) in [5.74, 6) is -1.89. The van der Waals surface area contributed by atoms with Gasteiger partial charge < -0.3 is 9.84 Å². The minimum Gasteiger partial charge on any atom is -0.478 e. The number of hydrogen-bond acceptors (Lipinski definition) is 5. The molecule has 0 amide bonds. The van der Waals surface area contributed by atoms with Crippen molar-refractivity contribution < 1.29 is 28.8 Å². The Bertz CT molecular complexity index is 1000. The standard InChI is InChI=1S/C20H14N2O5/c23-18(14-5-2-1-3-6-14)13-22-10-9-21-17(12-22)20(26)27-16-8-4-7-15(11-16)19(24)25/h1-12H,13H2/p+1. The van der Waals surface area contributed by atoms with E-state index in [1.54, 1.807) is 30.5 Å². The maximum atomic E-state index is 12.3. The van der Waals surface area contributed by atoms with Crippen molar-refractivity contribution in [1.82, 2.24) is 4.98 Å². The van der Waals surface area contributed by atoms with Crippen molar-refractivity contribution in [1.29, 1.82) is 0 Å². The van der Waals surface area contributed by atoms with Gasteiger partial charge in [-0.05, 0) is 18.2 Å². The number of benzene rings is 2. The zero-order valence-corrected chi connectivity index (χ0v) is 14.1. The lowest BCUT2D eigenvalue weighted by atomic mass is 10.1. The lowest BCUT2D eigenvalue weighted by molar-refractivity contribution is -0.683. The van der Waals surface area contributed by atoms with Crippen LogP contribution in [0.5, 0.6) is 5.75 Å². The molecular weight excluding hydrogens is 348 g/mol. The molecule has 0 bridgehead atoms. The highest BCUT2D eigenvalue weighted by Gasteiger charge is 2.18. The van der Waals surface area contributed by atoms with E-state index in [1.165, 1.54) is 41.2 Å². The molecule has 0 saturated carbocycles. The third-order valence-corrected chi connectivity index (χ3v) is 3.68. The molecule has 0 spiro atoms. The number of ether oxygens (including phenoxy) is 1. The first-order valence-corrected chi connectivity index (χ1v) is 8.02. The van der Waals surface area contributed by atoms with Gasteiger partial charge in [0.2, 0.25) is 24.2 Å². The average Bonchev–Trinajstić information content (AvgIpc) is 2.69. The van der Waals surface area contributed by atoms with Gasteiger partial charge in [-0.3, -0.25) is 4.79 Å². The summed E-state index contributed by atoms with van der Waals surface area (Å²) in [6, 6.07) is 14.4. The van der Waals surface area contributed by atoms with Crippen molar-refractivity contribution in [3.63, 3.8) is 0 Å². The lowest BCUT2D eigenvalue weighted by Gasteiger charge is -2.04. The SMILES string of the molecule is O=C(O)c1cccc(OC(=O)c2c[n+](CC(=O)c3ccccc3)ccn2)c1. The van der Waals surface area contributed by atoms with E-state index in [0.717, 1.165) is 0 Å². The number of carboxylic acid groups (broad SMARTS) is 1. The van der Waals surface area contributed by atoms with Gasteiger partial charge in [0.25, 0.3) is 0 Å². The van der Waals surface area contributed by atoms with Gasteiger partial charge in [-0.25, -0.2) is 14.6 Å². The molecule has 0 fully saturated rings. The summed E-state index contributed by atoms with van der Waals surface area (Å²) in [4.78, 5) is 39.5. The monoisotopic (exact) mass is 363 g/mol. The van der Waals surface area contributed by atoms with Crippen molar-refractivity contribution in [3.05, 3.63) is 90.0 Å². The van der Waals surface area contributed by atoms with E-state index in [0.29, 0.717) is 5.56 Å². The maximum absolute atomic E-state index is 12.3. The number of nitrogens with zero attached hydrogens (tertiary/aromatic N) is 2. The van der Waals surface area contributed by atoms with Crippen LogP contribution >= 0.6 is 0 Å². The van der Waals surface area contributed by atoms with Crippen LogP contribution < -0.4 is 9.30 Å². The maximum Gasteiger partial charge on any atom is 0.368 e. The average molecular weight is 363 g/mol. The van der Waals surface area contributed by atoms with Crippen LogP contribution in [0.1, 0.15) is 31.2 Å². The first-order valence-electron chi connectivity index (χ1n) is 8.02. The molecule has 0 aliphatic heterocycles. The van der Waals surface area contributed by atoms with Gasteiger partial charge in [0.05, 0.1) is 11.8 Å². The predicted molar refractivity (Wildman–Crippen MR) is 93.6 cm³/mol. The van der Waals surface area contributed by atoms with E-state index in [1.807, 2.05) is 6.07 Å². The highest BCUT2D eigenvalue weighted by molar-refractivity contribution is 5.95. The molecule has 3 rings (SSSR count). The number of Topliss-reactive ketones (excluding diaryl/α,β-unsaturated/α-hetero) is 1. The molecule has 0 saturated heterocycles. The van der Waals surface area contributed by atoms with Crippen molar-refractivity contribution >= 4 is 17.7 Å². The van der Waals surface area contributed by atoms with E-state index in [4.69, 9.17) is 9.84 Å². The van der Waals surface area contributed by atoms with Crippen LogP contribution in [0.2, 0.25) is 0 Å². The lowest BCUT2D eigenvalue weighted by Crippen LogP contribution is -2.38. The quantitative estimate of drug-likeness (QED) is 0.312. The van der Waals surface area contributed by atoms with Gasteiger partial charge in [0.15, 0.2) is 6.20 Å². The first kappa shape index (κ1) is 17.9. The molecule has 3 aromatic rings. The van der Waals surface area contributed by atoms with Gasteiger partial charge in [-0.15, -0.1) is 0 Å². The first-order chi connectivity index (χ1) is 13.0. The Labute approximate surface area is 154 Å². The molecule has 1 aromatic heterocycles. The summed E-state index contributed by atoms with van der Waals surface area (Å²) in [6.45, 7) is 0.0430. The summed E-state index contributed by atoms with van der Waals surface area (Å²) < 4.78 is 6.71. The van der Waals surface area contributed by atoms with Crippen LogP contribution in [0, 0.1) is 0 Å². The van der Waals surface area contributed by atoms with Crippen LogP contribution in [0.25, 0.3) is 0 Å². The van der Waals surface area contributed by atoms with Crippen LogP contribution in [0.4, 0.5) is 0 Å². The normalized spacial score (nSPS) is 10.2. The van der Waals surface area contributed by atoms with E-state index in [9.17, 15) is 14.4 Å². The van der Waals surface area contributed by atoms with Crippen LogP contribution in [-0.2, 0) is 6.54 Å². The van der Waals surface area contributed by atoms with Crippen molar-refractivity contribution in [2.75, 3.05) is 0 Å². The number of carbonyl (C=O) groups is 3. The molecule has 1 heterocycles. The fourth-order valence-corrected chi connectivity index (χ4v) is 2.37. The van der Waals surface area contributed by atoms with Gasteiger partial charge in [-0.1, -0.05) is 36.4 Å². The Balaban J connectivity index is 1.73. The van der Waals surface area contributed by atoms with E-state index in [-0.39, 0.29) is 29.3 Å². The third-order valence-electron chi connectivity index (χ3n) is 3.68. The van der Waals surface area contributed by atoms with Crippen LogP contribution in [-0.4, -0.2) is 27.8 Å². The van der Waals surface area contributed by atoms with Crippen molar-refractivity contribution in [2.24, 2.45) is 0 Å². The molecule has 0 atom stereocenters. The van der Waals surface area contributed by atoms with E-state index in [2.05, 4.69) is 4.98 Å². The Morgan fingerprint density at radius 3 is 2.48 bits per heavy atom. The Hall–Kier alpha value is -3.87. The summed E-state index contributed by atoms with van der Waals surface area (Å²) in [5.41, 5.74) is 0.570. The van der Waals surface area contributed by atoms with Gasteiger partial charge in [-0.2, -0.15) is 4.57 Å². The molecule has 27 heavy (non-hydrogen) atoms. The summed E-state index contributed by atoms with van der Waals surface area (Å²) in [7, 11) is 0. The third kappa shape index (κ3) is 4.60. The molecule has 0 aliphatic rings. The minimum absolute atomic E-state index is 0.000843. The van der Waals surface area contributed by atoms with E-state index >= 15 is 0 Å². The summed E-state index contributed by atoms with van der Waals surface area (Å²) in [5, 5.41) is 8.99. The molecule has 7 nitrogen and oxygen atoms in total. The molecular formula is C20H15N2O5+. The largest absolute Gasteiger partial charge is 0.478 e. The molecule has 0 unspecified atom stereocenters. The molecule has 7 heteroatoms. The van der Waals surface area contributed by atoms with Gasteiger partial charge in [0.1, 0.15) is 5.75 Å². The number of aromatic carboxylic acids is 1. The zero-order chi connectivity index (χ0) is 19.2. The van der Waals surface area contributed by atoms with Crippen molar-refractivity contribution in [3.8, 4) is 5.75 Å². The van der Waals surface area contributed by atoms with Gasteiger partial charge >= 0.3 is 11.9 Å². The molecule has 134 valence electrons. The number of ketones is 1. The summed E-state index contributed by atoms with van der Waals surface area (Å²) >= 11 is 0. The zero-order valence-electron chi connectivity index (χ0n) is 14.1. The van der Waals surface area contributed by atoms with Crippen molar-refractivity contribution in [2.45, 2.75) is 6.54 Å². The highest BCUT2D eigenvalue weighted by Crippen LogP contribution is 2.14. The molecule has 1 N–H and O–H groups in total. The Kier molecular flexibility index (Phi) is 5.32. The van der Waals surface area contributed by atoms with Gasteiger partial charge in [0, 0.05) is 5.56 Å². The number of carbonyl (C=O) groups excluding carboxylic acids is 2. The second-order valence-corrected chi connectivity index (χ2v) is 5.63. The molecule has 2 aromatic carbocycles. The Morgan fingerprint density at radius 2 is 1.74 bits per heavy atom. The van der Waals surface area contributed by atoms with E-state index < -0.39 is 11.9 Å². The summed E-state index contributed by atoms with van der Waals surface area (Å²) in [6.07, 6.45) is 4.37. The Morgan fingerprint density at radius 1 is 1.00 bits per heavy atom. The predicted octanol–water partition coefficient (Wildman–Crippen LogP) is 2.17. The van der Waals surface area contributed by atoms with Crippen LogP contribution in [0.3, 0.4) is 0 Å².